The van der Waals surface area contributed by atoms with Crippen LogP contribution in [0.4, 0.5) is 5.69 Å². The van der Waals surface area contributed by atoms with Crippen LogP contribution in [0.25, 0.3) is 0 Å². The van der Waals surface area contributed by atoms with Crippen molar-refractivity contribution in [2.24, 2.45) is 0 Å². The SMILES string of the molecule is O=C(Nc1ccc2c(c1)OCCCO2)c1ccc(Cl)c(S(=O)(=O)N2CCCCCC2)c1. The van der Waals surface area contributed by atoms with Gasteiger partial charge in [-0.3, -0.25) is 4.79 Å². The molecular formula is C22H25ClN2O5S. The summed E-state index contributed by atoms with van der Waals surface area (Å²) in [5, 5.41) is 2.90. The van der Waals surface area contributed by atoms with Crippen LogP contribution in [0, 0.1) is 0 Å². The normalized spacial score (nSPS) is 17.5. The molecule has 0 spiro atoms. The summed E-state index contributed by atoms with van der Waals surface area (Å²) in [7, 11) is -3.78. The number of nitrogens with zero attached hydrogens (tertiary/aromatic N) is 1. The second-order valence-corrected chi connectivity index (χ2v) is 9.94. The van der Waals surface area contributed by atoms with E-state index in [0.717, 1.165) is 32.1 Å². The van der Waals surface area contributed by atoms with Crippen LogP contribution in [0.2, 0.25) is 5.02 Å². The predicted molar refractivity (Wildman–Crippen MR) is 119 cm³/mol. The molecule has 7 nitrogen and oxygen atoms in total. The van der Waals surface area contributed by atoms with Crippen molar-refractivity contribution in [1.29, 1.82) is 0 Å². The Labute approximate surface area is 187 Å². The number of carbonyl (C=O) groups excluding carboxylic acids is 1. The van der Waals surface area contributed by atoms with Gasteiger partial charge >= 0.3 is 0 Å². The first-order valence-electron chi connectivity index (χ1n) is 10.5. The van der Waals surface area contributed by atoms with E-state index >= 15 is 0 Å². The molecule has 0 saturated carbocycles. The number of nitrogens with one attached hydrogen (secondary N) is 1. The number of fused-ring (bicyclic) bond motifs is 1. The molecule has 1 saturated heterocycles. The van der Waals surface area contributed by atoms with Crippen LogP contribution in [0.15, 0.2) is 41.3 Å². The van der Waals surface area contributed by atoms with Gasteiger partial charge in [-0.2, -0.15) is 4.31 Å². The van der Waals surface area contributed by atoms with Gasteiger partial charge < -0.3 is 14.8 Å². The first-order chi connectivity index (χ1) is 14.9. The number of hydrogen-bond acceptors (Lipinski definition) is 5. The molecule has 0 bridgehead atoms. The van der Waals surface area contributed by atoms with E-state index in [1.165, 1.54) is 22.5 Å². The van der Waals surface area contributed by atoms with Crippen molar-refractivity contribution < 1.29 is 22.7 Å². The Morgan fingerprint density at radius 1 is 0.903 bits per heavy atom. The third kappa shape index (κ3) is 4.97. The predicted octanol–water partition coefficient (Wildman–Crippen LogP) is 4.32. The molecule has 0 aromatic heterocycles. The average molecular weight is 465 g/mol. The molecule has 166 valence electrons. The molecule has 2 aliphatic rings. The van der Waals surface area contributed by atoms with Gasteiger partial charge in [0.1, 0.15) is 4.90 Å². The van der Waals surface area contributed by atoms with Gasteiger partial charge in [-0.25, -0.2) is 8.42 Å². The number of hydrogen-bond donors (Lipinski definition) is 1. The van der Waals surface area contributed by atoms with E-state index in [4.69, 9.17) is 21.1 Å². The van der Waals surface area contributed by atoms with E-state index in [1.54, 1.807) is 18.2 Å². The minimum Gasteiger partial charge on any atom is -0.490 e. The number of amides is 1. The third-order valence-corrected chi connectivity index (χ3v) is 7.76. The maximum Gasteiger partial charge on any atom is 0.255 e. The van der Waals surface area contributed by atoms with Gasteiger partial charge in [-0.05, 0) is 43.2 Å². The van der Waals surface area contributed by atoms with Gasteiger partial charge in [0.25, 0.3) is 5.91 Å². The van der Waals surface area contributed by atoms with E-state index in [9.17, 15) is 13.2 Å². The molecule has 0 aliphatic carbocycles. The molecular weight excluding hydrogens is 440 g/mol. The summed E-state index contributed by atoms with van der Waals surface area (Å²) in [5.41, 5.74) is 0.742. The van der Waals surface area contributed by atoms with Crippen LogP contribution in [-0.2, 0) is 10.0 Å². The topological polar surface area (TPSA) is 84.9 Å². The zero-order valence-corrected chi connectivity index (χ0v) is 18.7. The van der Waals surface area contributed by atoms with Crippen molar-refractivity contribution >= 4 is 33.2 Å². The second kappa shape index (κ2) is 9.46. The zero-order valence-electron chi connectivity index (χ0n) is 17.1. The highest BCUT2D eigenvalue weighted by Gasteiger charge is 2.28. The fraction of sp³-hybridized carbons (Fsp3) is 0.409. The van der Waals surface area contributed by atoms with Crippen LogP contribution in [-0.4, -0.2) is 44.9 Å². The molecule has 0 radical (unpaired) electrons. The number of benzene rings is 2. The lowest BCUT2D eigenvalue weighted by atomic mass is 10.2. The summed E-state index contributed by atoms with van der Waals surface area (Å²) in [6, 6.07) is 9.48. The van der Waals surface area contributed by atoms with Crippen molar-refractivity contribution in [3.05, 3.63) is 47.0 Å². The molecule has 0 unspecified atom stereocenters. The molecule has 9 heteroatoms. The lowest BCUT2D eigenvalue weighted by Gasteiger charge is -2.21. The highest BCUT2D eigenvalue weighted by atomic mass is 35.5. The van der Waals surface area contributed by atoms with Crippen molar-refractivity contribution in [3.63, 3.8) is 0 Å². The minimum absolute atomic E-state index is 0.0395. The molecule has 2 aromatic rings. The second-order valence-electron chi connectivity index (χ2n) is 7.63. The zero-order chi connectivity index (χ0) is 21.8. The van der Waals surface area contributed by atoms with E-state index in [2.05, 4.69) is 5.32 Å². The smallest absolute Gasteiger partial charge is 0.255 e. The largest absolute Gasteiger partial charge is 0.490 e. The van der Waals surface area contributed by atoms with Crippen LogP contribution < -0.4 is 14.8 Å². The average Bonchev–Trinajstić information content (AvgIpc) is 3.17. The maximum atomic E-state index is 13.2. The number of carbonyl (C=O) groups is 1. The number of halogens is 1. The molecule has 2 aromatic carbocycles. The van der Waals surface area contributed by atoms with Crippen molar-refractivity contribution in [1.82, 2.24) is 4.31 Å². The molecule has 2 heterocycles. The summed E-state index contributed by atoms with van der Waals surface area (Å²) in [5.74, 6) is 0.766. The first-order valence-corrected chi connectivity index (χ1v) is 12.3. The Morgan fingerprint density at radius 3 is 2.35 bits per heavy atom. The van der Waals surface area contributed by atoms with Gasteiger partial charge in [-0.15, -0.1) is 0 Å². The summed E-state index contributed by atoms with van der Waals surface area (Å²) in [6.45, 7) is 2.05. The Hall–Kier alpha value is -2.29. The summed E-state index contributed by atoms with van der Waals surface area (Å²) >= 11 is 6.23. The van der Waals surface area contributed by atoms with Crippen LogP contribution in [0.5, 0.6) is 11.5 Å². The summed E-state index contributed by atoms with van der Waals surface area (Å²) < 4.78 is 39.1. The molecule has 4 rings (SSSR count). The van der Waals surface area contributed by atoms with Gasteiger partial charge in [0.2, 0.25) is 10.0 Å². The number of sulfonamides is 1. The Kier molecular flexibility index (Phi) is 6.69. The van der Waals surface area contributed by atoms with Crippen LogP contribution >= 0.6 is 11.6 Å². The number of rotatable bonds is 4. The minimum atomic E-state index is -3.78. The molecule has 1 amide bonds. The van der Waals surface area contributed by atoms with Gasteiger partial charge in [-0.1, -0.05) is 24.4 Å². The van der Waals surface area contributed by atoms with Gasteiger partial charge in [0, 0.05) is 36.8 Å². The Balaban J connectivity index is 1.56. The van der Waals surface area contributed by atoms with Crippen molar-refractivity contribution in [2.45, 2.75) is 37.0 Å². The van der Waals surface area contributed by atoms with E-state index in [1.807, 2.05) is 0 Å². The number of anilines is 1. The van der Waals surface area contributed by atoms with E-state index in [0.29, 0.717) is 43.5 Å². The maximum absolute atomic E-state index is 13.2. The molecule has 31 heavy (non-hydrogen) atoms. The quantitative estimate of drug-likeness (QED) is 0.728. The summed E-state index contributed by atoms with van der Waals surface area (Å²) in [4.78, 5) is 12.8. The fourth-order valence-corrected chi connectivity index (χ4v) is 5.73. The highest BCUT2D eigenvalue weighted by molar-refractivity contribution is 7.89. The van der Waals surface area contributed by atoms with Crippen molar-refractivity contribution in [2.75, 3.05) is 31.6 Å². The monoisotopic (exact) mass is 464 g/mol. The lowest BCUT2D eigenvalue weighted by molar-refractivity contribution is 0.102. The van der Waals surface area contributed by atoms with Crippen LogP contribution in [0.3, 0.4) is 0 Å². The Morgan fingerprint density at radius 2 is 1.61 bits per heavy atom. The highest BCUT2D eigenvalue weighted by Crippen LogP contribution is 2.33. The van der Waals surface area contributed by atoms with Gasteiger partial charge in [0.15, 0.2) is 11.5 Å². The van der Waals surface area contributed by atoms with E-state index < -0.39 is 15.9 Å². The molecule has 1 fully saturated rings. The fourth-order valence-electron chi connectivity index (χ4n) is 3.71. The third-order valence-electron chi connectivity index (χ3n) is 5.38. The molecule has 2 aliphatic heterocycles. The first kappa shape index (κ1) is 21.9. The number of ether oxygens (including phenoxy) is 2. The summed E-state index contributed by atoms with van der Waals surface area (Å²) in [6.07, 6.45) is 4.45. The van der Waals surface area contributed by atoms with E-state index in [-0.39, 0.29) is 15.5 Å². The Bertz CT molecular complexity index is 1070. The lowest BCUT2D eigenvalue weighted by Crippen LogP contribution is -2.32. The van der Waals surface area contributed by atoms with Gasteiger partial charge in [0.05, 0.1) is 18.2 Å². The van der Waals surface area contributed by atoms with Crippen LogP contribution in [0.1, 0.15) is 42.5 Å². The molecule has 0 atom stereocenters. The standard InChI is InChI=1S/C22H25ClN2O5S/c23-18-8-6-16(14-21(18)31(27,28)25-10-3-1-2-4-11-25)22(26)24-17-7-9-19-20(15-17)30-13-5-12-29-19/h6-9,14-15H,1-5,10-13H2,(H,24,26). The van der Waals surface area contributed by atoms with Crippen molar-refractivity contribution in [3.8, 4) is 11.5 Å². The molecule has 1 N–H and O–H groups in total.